The minimum atomic E-state index is 0.0983. The van der Waals surface area contributed by atoms with E-state index in [1.54, 1.807) is 0 Å². The zero-order chi connectivity index (χ0) is 17.1. The van der Waals surface area contributed by atoms with E-state index in [-0.39, 0.29) is 6.17 Å². The molecular weight excluding hydrogens is 316 g/mol. The van der Waals surface area contributed by atoms with Gasteiger partial charge in [0, 0.05) is 22.9 Å². The van der Waals surface area contributed by atoms with Gasteiger partial charge < -0.3 is 0 Å². The van der Waals surface area contributed by atoms with Crippen molar-refractivity contribution in [3.8, 4) is 0 Å². The second kappa shape index (κ2) is 7.26. The van der Waals surface area contributed by atoms with Crippen LogP contribution in [0.15, 0.2) is 42.5 Å². The molecule has 24 heavy (non-hydrogen) atoms. The maximum Gasteiger partial charge on any atom is 0.152 e. The van der Waals surface area contributed by atoms with Crippen LogP contribution in [0.1, 0.15) is 34.5 Å². The first-order valence-corrected chi connectivity index (χ1v) is 9.37. The maximum absolute atomic E-state index is 4.71. The molecule has 0 amide bonds. The summed E-state index contributed by atoms with van der Waals surface area (Å²) in [5, 5.41) is 9.41. The minimum absolute atomic E-state index is 0.0983. The topological polar surface area (TPSA) is 35.6 Å². The lowest BCUT2D eigenvalue weighted by Crippen LogP contribution is -2.25. The smallest absolute Gasteiger partial charge is 0.152 e. The summed E-state index contributed by atoms with van der Waals surface area (Å²) in [6.45, 7) is 8.30. The predicted octanol–water partition coefficient (Wildman–Crippen LogP) is 4.29. The van der Waals surface area contributed by atoms with Gasteiger partial charge in [-0.1, -0.05) is 30.3 Å². The molecule has 0 saturated carbocycles. The van der Waals surface area contributed by atoms with Crippen molar-refractivity contribution in [2.24, 2.45) is 0 Å². The lowest BCUT2D eigenvalue weighted by atomic mass is 10.2. The summed E-state index contributed by atoms with van der Waals surface area (Å²) in [5.41, 5.74) is 5.79. The van der Waals surface area contributed by atoms with Crippen molar-refractivity contribution in [1.29, 1.82) is 0 Å². The zero-order valence-corrected chi connectivity index (χ0v) is 15.5. The zero-order valence-electron chi connectivity index (χ0n) is 14.7. The van der Waals surface area contributed by atoms with Crippen molar-refractivity contribution in [3.05, 3.63) is 70.8 Å². The normalized spacial score (nSPS) is 11.4. The van der Waals surface area contributed by atoms with E-state index >= 15 is 0 Å². The van der Waals surface area contributed by atoms with Gasteiger partial charge in [-0.25, -0.2) is 9.36 Å². The van der Waals surface area contributed by atoms with Crippen LogP contribution in [0.5, 0.6) is 0 Å². The summed E-state index contributed by atoms with van der Waals surface area (Å²) in [5.74, 6) is 1.93. The third kappa shape index (κ3) is 3.73. The van der Waals surface area contributed by atoms with Crippen LogP contribution < -0.4 is 0 Å². The molecule has 0 saturated heterocycles. The Morgan fingerprint density at radius 1 is 0.875 bits per heavy atom. The number of nitrogens with zero attached hydrogens (tertiary/aromatic N) is 4. The molecule has 0 aliphatic heterocycles. The number of thioether (sulfide) groups is 1. The van der Waals surface area contributed by atoms with Crippen molar-refractivity contribution in [2.45, 2.75) is 39.6 Å². The van der Waals surface area contributed by atoms with Crippen LogP contribution >= 0.6 is 11.8 Å². The van der Waals surface area contributed by atoms with Crippen molar-refractivity contribution in [2.75, 3.05) is 5.75 Å². The highest BCUT2D eigenvalue weighted by Gasteiger charge is 2.19. The number of aryl methyl sites for hydroxylation is 4. The Balaban J connectivity index is 1.82. The summed E-state index contributed by atoms with van der Waals surface area (Å²) < 4.78 is 4.21. The number of aromatic nitrogens is 4. The fraction of sp³-hybridized carbons (Fsp3) is 0.368. The maximum atomic E-state index is 4.71. The van der Waals surface area contributed by atoms with Crippen LogP contribution in [0.2, 0.25) is 0 Å². The molecule has 126 valence electrons. The molecule has 0 aliphatic rings. The first kappa shape index (κ1) is 16.8. The first-order valence-electron chi connectivity index (χ1n) is 8.22. The van der Waals surface area contributed by atoms with E-state index in [4.69, 9.17) is 10.2 Å². The quantitative estimate of drug-likeness (QED) is 0.671. The Hall–Kier alpha value is -2.01. The summed E-state index contributed by atoms with van der Waals surface area (Å²) in [7, 11) is 0. The number of hydrogen-bond acceptors (Lipinski definition) is 3. The molecule has 0 radical (unpaired) electrons. The molecule has 0 aliphatic carbocycles. The van der Waals surface area contributed by atoms with Gasteiger partial charge in [0.15, 0.2) is 6.17 Å². The highest BCUT2D eigenvalue weighted by atomic mass is 32.2. The standard InChI is InChI=1S/C19H24N4S/c1-14-10-16(3)22(20-14)19(23-17(4)11-15(2)21-23)13-24-12-18-8-6-5-7-9-18/h5-11,19H,12-13H2,1-4H3. The molecule has 0 spiro atoms. The summed E-state index contributed by atoms with van der Waals surface area (Å²) in [6.07, 6.45) is 0.0983. The third-order valence-corrected chi connectivity index (χ3v) is 5.10. The predicted molar refractivity (Wildman–Crippen MR) is 100 cm³/mol. The van der Waals surface area contributed by atoms with Crippen LogP contribution in [0.3, 0.4) is 0 Å². The van der Waals surface area contributed by atoms with E-state index in [1.165, 1.54) is 17.0 Å². The van der Waals surface area contributed by atoms with Crippen molar-refractivity contribution in [3.63, 3.8) is 0 Å². The van der Waals surface area contributed by atoms with Gasteiger partial charge in [-0.3, -0.25) is 0 Å². The number of rotatable bonds is 6. The van der Waals surface area contributed by atoms with Gasteiger partial charge in [0.25, 0.3) is 0 Å². The summed E-state index contributed by atoms with van der Waals surface area (Å²) >= 11 is 1.92. The van der Waals surface area contributed by atoms with Crippen LogP contribution in [0.4, 0.5) is 0 Å². The molecule has 3 aromatic rings. The second-order valence-electron chi connectivity index (χ2n) is 6.22. The van der Waals surface area contributed by atoms with Crippen LogP contribution in [-0.4, -0.2) is 25.3 Å². The Labute approximate surface area is 147 Å². The van der Waals surface area contributed by atoms with E-state index in [2.05, 4.69) is 65.7 Å². The van der Waals surface area contributed by atoms with Crippen molar-refractivity contribution in [1.82, 2.24) is 19.6 Å². The van der Waals surface area contributed by atoms with Gasteiger partial charge in [-0.2, -0.15) is 22.0 Å². The molecule has 4 nitrogen and oxygen atoms in total. The van der Waals surface area contributed by atoms with Gasteiger partial charge in [0.1, 0.15) is 0 Å². The fourth-order valence-corrected chi connectivity index (χ4v) is 4.04. The minimum Gasteiger partial charge on any atom is -0.244 e. The van der Waals surface area contributed by atoms with Crippen LogP contribution in [0, 0.1) is 27.7 Å². The molecule has 5 heteroatoms. The third-order valence-electron chi connectivity index (χ3n) is 4.03. The largest absolute Gasteiger partial charge is 0.244 e. The van der Waals surface area contributed by atoms with Gasteiger partial charge in [0.05, 0.1) is 11.4 Å². The van der Waals surface area contributed by atoms with Gasteiger partial charge in [0.2, 0.25) is 0 Å². The van der Waals surface area contributed by atoms with Crippen LogP contribution in [-0.2, 0) is 5.75 Å². The molecule has 2 heterocycles. The molecule has 0 bridgehead atoms. The van der Waals surface area contributed by atoms with Crippen molar-refractivity contribution < 1.29 is 0 Å². The molecule has 0 fully saturated rings. The van der Waals surface area contributed by atoms with Gasteiger partial charge in [-0.15, -0.1) is 0 Å². The second-order valence-corrected chi connectivity index (χ2v) is 7.25. The Morgan fingerprint density at radius 3 is 1.88 bits per heavy atom. The average Bonchev–Trinajstić information content (AvgIpc) is 3.06. The van der Waals surface area contributed by atoms with Gasteiger partial charge in [-0.05, 0) is 45.4 Å². The van der Waals surface area contributed by atoms with E-state index in [0.717, 1.165) is 22.9 Å². The highest BCUT2D eigenvalue weighted by molar-refractivity contribution is 7.98. The lowest BCUT2D eigenvalue weighted by molar-refractivity contribution is 0.380. The molecule has 2 aromatic heterocycles. The fourth-order valence-electron chi connectivity index (χ4n) is 3.00. The van der Waals surface area contributed by atoms with E-state index in [9.17, 15) is 0 Å². The average molecular weight is 340 g/mol. The van der Waals surface area contributed by atoms with Gasteiger partial charge >= 0.3 is 0 Å². The highest BCUT2D eigenvalue weighted by Crippen LogP contribution is 2.23. The lowest BCUT2D eigenvalue weighted by Gasteiger charge is -2.21. The molecule has 0 unspecified atom stereocenters. The van der Waals surface area contributed by atoms with E-state index < -0.39 is 0 Å². The SMILES string of the molecule is Cc1cc(C)n(C(CSCc2ccccc2)n2nc(C)cc2C)n1. The Bertz CT molecular complexity index is 758. The number of benzene rings is 1. The Morgan fingerprint density at radius 2 is 1.42 bits per heavy atom. The summed E-state index contributed by atoms with van der Waals surface area (Å²) in [4.78, 5) is 0. The molecule has 0 N–H and O–H groups in total. The number of hydrogen-bond donors (Lipinski definition) is 0. The monoisotopic (exact) mass is 340 g/mol. The summed E-state index contributed by atoms with van der Waals surface area (Å²) in [6, 6.07) is 14.8. The molecule has 0 atom stereocenters. The molecule has 3 rings (SSSR count). The van der Waals surface area contributed by atoms with Crippen molar-refractivity contribution >= 4 is 11.8 Å². The molecule has 1 aromatic carbocycles. The Kier molecular flexibility index (Phi) is 5.09. The van der Waals surface area contributed by atoms with E-state index in [1.807, 2.05) is 25.6 Å². The van der Waals surface area contributed by atoms with E-state index in [0.29, 0.717) is 0 Å². The molecular formula is C19H24N4S. The van der Waals surface area contributed by atoms with Crippen LogP contribution in [0.25, 0.3) is 0 Å². The first-order chi connectivity index (χ1) is 11.5.